The largest absolute Gasteiger partial charge is 0.454 e. The van der Waals surface area contributed by atoms with Crippen molar-refractivity contribution in [3.63, 3.8) is 0 Å². The van der Waals surface area contributed by atoms with Gasteiger partial charge in [0.25, 0.3) is 5.91 Å². The molecule has 5 rings (SSSR count). The first-order chi connectivity index (χ1) is 15.5. The van der Waals surface area contributed by atoms with Crippen molar-refractivity contribution in [2.24, 2.45) is 0 Å². The quantitative estimate of drug-likeness (QED) is 0.481. The van der Waals surface area contributed by atoms with Gasteiger partial charge in [-0.2, -0.15) is 5.10 Å². The Morgan fingerprint density at radius 1 is 1.06 bits per heavy atom. The van der Waals surface area contributed by atoms with Crippen LogP contribution >= 0.6 is 0 Å². The fourth-order valence-corrected chi connectivity index (χ4v) is 3.88. The van der Waals surface area contributed by atoms with Crippen LogP contribution < -0.4 is 20.3 Å². The molecule has 0 unspecified atom stereocenters. The van der Waals surface area contributed by atoms with Crippen LogP contribution in [0.25, 0.3) is 16.6 Å². The van der Waals surface area contributed by atoms with Gasteiger partial charge in [-0.25, -0.2) is 9.50 Å². The number of carbonyl (C=O) groups excluding carboxylic acids is 2. The zero-order valence-electron chi connectivity index (χ0n) is 17.6. The van der Waals surface area contributed by atoms with Crippen molar-refractivity contribution >= 4 is 28.4 Å². The molecule has 2 N–H and O–H groups in total. The molecule has 0 bridgehead atoms. The Hall–Kier alpha value is -4.14. The van der Waals surface area contributed by atoms with Gasteiger partial charge in [0.1, 0.15) is 0 Å². The molecule has 0 fully saturated rings. The van der Waals surface area contributed by atoms with E-state index in [-0.39, 0.29) is 19.1 Å². The third-order valence-corrected chi connectivity index (χ3v) is 5.57. The van der Waals surface area contributed by atoms with E-state index in [1.165, 1.54) is 0 Å². The van der Waals surface area contributed by atoms with Crippen LogP contribution in [0.5, 0.6) is 11.5 Å². The van der Waals surface area contributed by atoms with E-state index in [0.717, 1.165) is 33.5 Å². The van der Waals surface area contributed by atoms with Gasteiger partial charge in [0.05, 0.1) is 5.52 Å². The summed E-state index contributed by atoms with van der Waals surface area (Å²) in [5.41, 5.74) is 9.71. The predicted octanol–water partition coefficient (Wildman–Crippen LogP) is 2.62. The Kier molecular flexibility index (Phi) is 4.85. The Morgan fingerprint density at radius 2 is 1.88 bits per heavy atom. The maximum atomic E-state index is 12.4. The lowest BCUT2D eigenvalue weighted by Gasteiger charge is -2.12. The van der Waals surface area contributed by atoms with E-state index >= 15 is 0 Å². The van der Waals surface area contributed by atoms with Crippen molar-refractivity contribution in [3.05, 3.63) is 65.0 Å². The summed E-state index contributed by atoms with van der Waals surface area (Å²) in [6, 6.07) is 12.7. The highest BCUT2D eigenvalue weighted by molar-refractivity contribution is 5.96. The zero-order chi connectivity index (χ0) is 22.2. The van der Waals surface area contributed by atoms with Crippen molar-refractivity contribution in [1.82, 2.24) is 25.4 Å². The van der Waals surface area contributed by atoms with Crippen LogP contribution in [0.2, 0.25) is 0 Å². The molecule has 0 spiro atoms. The van der Waals surface area contributed by atoms with E-state index in [9.17, 15) is 9.59 Å². The second-order valence-electron chi connectivity index (χ2n) is 7.58. The van der Waals surface area contributed by atoms with Crippen LogP contribution in [-0.4, -0.2) is 33.2 Å². The number of ether oxygens (including phenoxy) is 2. The molecule has 1 aliphatic rings. The number of hydrazine groups is 1. The molecular weight excluding hydrogens is 410 g/mol. The molecule has 4 aromatic rings. The average Bonchev–Trinajstić information content (AvgIpc) is 3.41. The molecule has 3 heterocycles. The minimum atomic E-state index is -0.435. The molecule has 2 aromatic carbocycles. The van der Waals surface area contributed by atoms with E-state index in [1.807, 2.05) is 42.6 Å². The molecule has 9 nitrogen and oxygen atoms in total. The van der Waals surface area contributed by atoms with Crippen molar-refractivity contribution in [1.29, 1.82) is 0 Å². The van der Waals surface area contributed by atoms with Crippen molar-refractivity contribution in [3.8, 4) is 11.5 Å². The molecule has 9 heteroatoms. The number of hydrogen-bond acceptors (Lipinski definition) is 6. The summed E-state index contributed by atoms with van der Waals surface area (Å²) in [4.78, 5) is 29.4. The van der Waals surface area contributed by atoms with Gasteiger partial charge in [-0.15, -0.1) is 0 Å². The molecule has 162 valence electrons. The van der Waals surface area contributed by atoms with Gasteiger partial charge in [0, 0.05) is 28.8 Å². The summed E-state index contributed by atoms with van der Waals surface area (Å²) in [5.74, 6) is 0.357. The third-order valence-electron chi connectivity index (χ3n) is 5.57. The predicted molar refractivity (Wildman–Crippen MR) is 116 cm³/mol. The number of benzene rings is 2. The number of nitrogens with one attached hydrogen (secondary N) is 2. The number of aromatic nitrogens is 3. The highest BCUT2D eigenvalue weighted by Gasteiger charge is 2.17. The van der Waals surface area contributed by atoms with Crippen LogP contribution in [0, 0.1) is 13.8 Å². The highest BCUT2D eigenvalue weighted by Crippen LogP contribution is 2.32. The highest BCUT2D eigenvalue weighted by atomic mass is 16.7. The van der Waals surface area contributed by atoms with Crippen molar-refractivity contribution in [2.75, 3.05) is 6.79 Å². The average molecular weight is 431 g/mol. The number of carbonyl (C=O) groups is 2. The smallest absolute Gasteiger partial charge is 0.269 e. The first-order valence-electron chi connectivity index (χ1n) is 10.2. The minimum absolute atomic E-state index is 0.130. The Labute approximate surface area is 183 Å². The van der Waals surface area contributed by atoms with Gasteiger partial charge in [0.15, 0.2) is 17.1 Å². The van der Waals surface area contributed by atoms with Gasteiger partial charge in [0.2, 0.25) is 12.7 Å². The van der Waals surface area contributed by atoms with Crippen LogP contribution in [0.4, 0.5) is 0 Å². The second kappa shape index (κ2) is 7.84. The third kappa shape index (κ3) is 3.47. The van der Waals surface area contributed by atoms with Crippen LogP contribution in [0.1, 0.15) is 33.7 Å². The Bertz CT molecular complexity index is 1380. The summed E-state index contributed by atoms with van der Waals surface area (Å²) >= 11 is 0. The lowest BCUT2D eigenvalue weighted by Crippen LogP contribution is -2.41. The summed E-state index contributed by atoms with van der Waals surface area (Å²) in [5, 5.41) is 5.63. The molecule has 0 atom stereocenters. The zero-order valence-corrected chi connectivity index (χ0v) is 17.6. The molecule has 2 aromatic heterocycles. The fraction of sp³-hybridized carbons (Fsp3) is 0.217. The van der Waals surface area contributed by atoms with E-state index < -0.39 is 5.91 Å². The number of amides is 2. The van der Waals surface area contributed by atoms with E-state index in [1.54, 1.807) is 18.2 Å². The lowest BCUT2D eigenvalue weighted by molar-refractivity contribution is -0.121. The molecule has 0 aliphatic carbocycles. The lowest BCUT2D eigenvalue weighted by atomic mass is 10.1. The first-order valence-corrected chi connectivity index (χ1v) is 10.2. The van der Waals surface area contributed by atoms with Gasteiger partial charge in [-0.1, -0.05) is 12.1 Å². The fourth-order valence-electron chi connectivity index (χ4n) is 3.88. The number of aryl methyl sites for hydroxylation is 2. The topological polar surface area (TPSA) is 107 Å². The molecule has 0 radical (unpaired) electrons. The summed E-state index contributed by atoms with van der Waals surface area (Å²) in [6.45, 7) is 4.04. The number of rotatable bonds is 4. The summed E-state index contributed by atoms with van der Waals surface area (Å²) in [6.07, 6.45) is 0.666. The van der Waals surface area contributed by atoms with Crippen LogP contribution in [0.15, 0.2) is 42.5 Å². The first kappa shape index (κ1) is 19.8. The monoisotopic (exact) mass is 431 g/mol. The molecule has 2 amide bonds. The molecule has 1 aliphatic heterocycles. The van der Waals surface area contributed by atoms with Gasteiger partial charge in [-0.3, -0.25) is 20.4 Å². The maximum absolute atomic E-state index is 12.4. The summed E-state index contributed by atoms with van der Waals surface area (Å²) < 4.78 is 12.3. The van der Waals surface area contributed by atoms with E-state index in [0.29, 0.717) is 23.5 Å². The van der Waals surface area contributed by atoms with E-state index in [2.05, 4.69) is 16.0 Å². The number of hydrogen-bond donors (Lipinski definition) is 2. The Balaban J connectivity index is 1.25. The normalized spacial score (nSPS) is 12.3. The van der Waals surface area contributed by atoms with Gasteiger partial charge >= 0.3 is 0 Å². The SMILES string of the molecule is Cc1nc2c3ccccc3nn2c(C)c1CCC(=O)NNC(=O)c1ccc2c(c1)OCO2. The number of fused-ring (bicyclic) bond motifs is 4. The molecule has 32 heavy (non-hydrogen) atoms. The molecule has 0 saturated heterocycles. The second-order valence-corrected chi connectivity index (χ2v) is 7.58. The van der Waals surface area contributed by atoms with Gasteiger partial charge < -0.3 is 9.47 Å². The summed E-state index contributed by atoms with van der Waals surface area (Å²) in [7, 11) is 0. The van der Waals surface area contributed by atoms with Crippen molar-refractivity contribution < 1.29 is 19.1 Å². The van der Waals surface area contributed by atoms with Crippen LogP contribution in [0.3, 0.4) is 0 Å². The van der Waals surface area contributed by atoms with E-state index in [4.69, 9.17) is 14.5 Å². The molecular formula is C23H21N5O4. The van der Waals surface area contributed by atoms with Gasteiger partial charge in [-0.05, 0) is 56.2 Å². The van der Waals surface area contributed by atoms with Crippen LogP contribution in [-0.2, 0) is 11.2 Å². The Morgan fingerprint density at radius 3 is 2.75 bits per heavy atom. The standard InChI is InChI=1S/C23H21N5O4/c1-13-16(14(2)28-22(24-13)17-5-3-4-6-18(17)27-28)8-10-21(29)25-26-23(30)15-7-9-19-20(11-15)32-12-31-19/h3-7,9,11H,8,10,12H2,1-2H3,(H,25,29)(H,26,30). The van der Waals surface area contributed by atoms with Crippen molar-refractivity contribution in [2.45, 2.75) is 26.7 Å². The molecule has 0 saturated carbocycles. The maximum Gasteiger partial charge on any atom is 0.269 e. The minimum Gasteiger partial charge on any atom is -0.454 e. The number of nitrogens with zero attached hydrogens (tertiary/aromatic N) is 3.